The Morgan fingerprint density at radius 1 is 1.03 bits per heavy atom. The van der Waals surface area contributed by atoms with E-state index in [-0.39, 0.29) is 13.1 Å². The van der Waals surface area contributed by atoms with Crippen molar-refractivity contribution in [1.29, 1.82) is 0 Å². The number of rotatable bonds is 5. The molecule has 1 N–H and O–H groups in total. The van der Waals surface area contributed by atoms with Gasteiger partial charge in [-0.25, -0.2) is 4.79 Å². The van der Waals surface area contributed by atoms with Crippen LogP contribution in [0.4, 0.5) is 10.5 Å². The van der Waals surface area contributed by atoms with Crippen molar-refractivity contribution in [1.82, 2.24) is 10.2 Å². The number of fused-ring (bicyclic) bond motifs is 1. The normalized spacial score (nSPS) is 18.1. The van der Waals surface area contributed by atoms with Gasteiger partial charge < -0.3 is 10.1 Å². The van der Waals surface area contributed by atoms with Crippen molar-refractivity contribution in [2.75, 3.05) is 24.5 Å². The average molecular weight is 393 g/mol. The summed E-state index contributed by atoms with van der Waals surface area (Å²) in [6.07, 6.45) is -0.997. The second kappa shape index (κ2) is 7.38. The Hall–Kier alpha value is -3.68. The highest BCUT2D eigenvalue weighted by molar-refractivity contribution is 6.22. The number of hydrogen-bond acceptors (Lipinski definition) is 5. The van der Waals surface area contributed by atoms with E-state index in [0.717, 1.165) is 16.2 Å². The summed E-state index contributed by atoms with van der Waals surface area (Å²) in [7, 11) is 0. The standard InChI is InChI=1S/C21H19N3O5/c1-13-6-8-14(9-7-13)23-11-15(29-21(23)28)10-22-18(25)12-24-19(26)16-4-2-3-5-17(16)20(24)27/h2-9,15H,10-12H2,1H3,(H,22,25). The molecule has 0 aliphatic carbocycles. The van der Waals surface area contributed by atoms with Gasteiger partial charge in [-0.2, -0.15) is 0 Å². The van der Waals surface area contributed by atoms with Gasteiger partial charge in [-0.3, -0.25) is 24.2 Å². The zero-order valence-corrected chi connectivity index (χ0v) is 15.8. The lowest BCUT2D eigenvalue weighted by molar-refractivity contribution is -0.121. The SMILES string of the molecule is Cc1ccc(N2CC(CNC(=O)CN3C(=O)c4ccccc4C3=O)OC2=O)cc1. The zero-order valence-electron chi connectivity index (χ0n) is 15.8. The summed E-state index contributed by atoms with van der Waals surface area (Å²) in [4.78, 5) is 51.4. The van der Waals surface area contributed by atoms with E-state index in [0.29, 0.717) is 17.7 Å². The smallest absolute Gasteiger partial charge is 0.414 e. The van der Waals surface area contributed by atoms with Crippen LogP contribution < -0.4 is 10.2 Å². The van der Waals surface area contributed by atoms with Gasteiger partial charge in [0, 0.05) is 5.69 Å². The molecule has 148 valence electrons. The molecule has 1 fully saturated rings. The Morgan fingerprint density at radius 3 is 2.28 bits per heavy atom. The van der Waals surface area contributed by atoms with Gasteiger partial charge in [0.1, 0.15) is 12.6 Å². The minimum Gasteiger partial charge on any atom is -0.442 e. The Labute approximate surface area is 167 Å². The van der Waals surface area contributed by atoms with Crippen LogP contribution in [-0.2, 0) is 9.53 Å². The van der Waals surface area contributed by atoms with Crippen LogP contribution in [0.5, 0.6) is 0 Å². The monoisotopic (exact) mass is 393 g/mol. The van der Waals surface area contributed by atoms with E-state index in [1.165, 1.54) is 4.90 Å². The number of benzene rings is 2. The van der Waals surface area contributed by atoms with Gasteiger partial charge >= 0.3 is 6.09 Å². The maximum Gasteiger partial charge on any atom is 0.414 e. The van der Waals surface area contributed by atoms with Crippen LogP contribution in [0.15, 0.2) is 48.5 Å². The number of amides is 4. The van der Waals surface area contributed by atoms with Crippen molar-refractivity contribution in [3.05, 3.63) is 65.2 Å². The molecule has 4 rings (SSSR count). The fourth-order valence-electron chi connectivity index (χ4n) is 3.37. The molecule has 0 bridgehead atoms. The first-order chi connectivity index (χ1) is 13.9. The van der Waals surface area contributed by atoms with E-state index >= 15 is 0 Å². The summed E-state index contributed by atoms with van der Waals surface area (Å²) < 4.78 is 5.30. The van der Waals surface area contributed by atoms with Gasteiger partial charge in [-0.1, -0.05) is 29.8 Å². The highest BCUT2D eigenvalue weighted by Gasteiger charge is 2.37. The third-order valence-electron chi connectivity index (χ3n) is 4.93. The zero-order chi connectivity index (χ0) is 20.5. The lowest BCUT2D eigenvalue weighted by Gasteiger charge is -2.15. The van der Waals surface area contributed by atoms with Crippen molar-refractivity contribution in [3.63, 3.8) is 0 Å². The van der Waals surface area contributed by atoms with Crippen molar-refractivity contribution >= 4 is 29.5 Å². The van der Waals surface area contributed by atoms with Crippen LogP contribution in [-0.4, -0.2) is 54.5 Å². The first kappa shape index (κ1) is 18.7. The van der Waals surface area contributed by atoms with E-state index in [4.69, 9.17) is 4.74 Å². The van der Waals surface area contributed by atoms with Crippen molar-refractivity contribution in [3.8, 4) is 0 Å². The average Bonchev–Trinajstić information content (AvgIpc) is 3.20. The summed E-state index contributed by atoms with van der Waals surface area (Å²) in [6, 6.07) is 13.9. The lowest BCUT2D eigenvalue weighted by atomic mass is 10.1. The first-order valence-electron chi connectivity index (χ1n) is 9.21. The molecule has 0 saturated carbocycles. The van der Waals surface area contributed by atoms with E-state index < -0.39 is 29.9 Å². The maximum atomic E-state index is 12.3. The molecule has 2 aliphatic rings. The number of nitrogens with zero attached hydrogens (tertiary/aromatic N) is 2. The predicted molar refractivity (Wildman–Crippen MR) is 104 cm³/mol. The molecule has 0 aromatic heterocycles. The Kier molecular flexibility index (Phi) is 4.75. The summed E-state index contributed by atoms with van der Waals surface area (Å²) >= 11 is 0. The molecular weight excluding hydrogens is 374 g/mol. The molecule has 2 aromatic rings. The van der Waals surface area contributed by atoms with E-state index in [2.05, 4.69) is 5.32 Å². The van der Waals surface area contributed by atoms with Crippen molar-refractivity contribution in [2.24, 2.45) is 0 Å². The van der Waals surface area contributed by atoms with Gasteiger partial charge in [0.2, 0.25) is 5.91 Å². The van der Waals surface area contributed by atoms with Crippen LogP contribution in [0.3, 0.4) is 0 Å². The highest BCUT2D eigenvalue weighted by Crippen LogP contribution is 2.23. The number of imide groups is 1. The molecule has 1 saturated heterocycles. The lowest BCUT2D eigenvalue weighted by Crippen LogP contribution is -2.43. The molecule has 0 radical (unpaired) electrons. The number of aryl methyl sites for hydroxylation is 1. The molecule has 4 amide bonds. The Bertz CT molecular complexity index is 967. The molecular formula is C21H19N3O5. The summed E-state index contributed by atoms with van der Waals surface area (Å²) in [6.45, 7) is 1.97. The van der Waals surface area contributed by atoms with E-state index in [1.54, 1.807) is 24.3 Å². The van der Waals surface area contributed by atoms with Gasteiger partial charge in [-0.15, -0.1) is 0 Å². The predicted octanol–water partition coefficient (Wildman–Crippen LogP) is 1.73. The van der Waals surface area contributed by atoms with Crippen LogP contribution in [0.2, 0.25) is 0 Å². The summed E-state index contributed by atoms with van der Waals surface area (Å²) in [5.74, 6) is -1.47. The quantitative estimate of drug-likeness (QED) is 0.781. The molecule has 2 aliphatic heterocycles. The minimum atomic E-state index is -0.519. The van der Waals surface area contributed by atoms with Crippen LogP contribution in [0.1, 0.15) is 26.3 Å². The second-order valence-corrected chi connectivity index (χ2v) is 7.00. The molecule has 2 heterocycles. The van der Waals surface area contributed by atoms with Crippen molar-refractivity contribution in [2.45, 2.75) is 13.0 Å². The summed E-state index contributed by atoms with van der Waals surface area (Å²) in [5.41, 5.74) is 2.39. The molecule has 2 aromatic carbocycles. The van der Waals surface area contributed by atoms with Crippen molar-refractivity contribution < 1.29 is 23.9 Å². The number of carbonyl (C=O) groups is 4. The third kappa shape index (κ3) is 3.56. The Balaban J connectivity index is 1.32. The number of carbonyl (C=O) groups excluding carboxylic acids is 4. The number of cyclic esters (lactones) is 1. The third-order valence-corrected chi connectivity index (χ3v) is 4.93. The first-order valence-corrected chi connectivity index (χ1v) is 9.21. The van der Waals surface area contributed by atoms with Crippen LogP contribution in [0, 0.1) is 6.92 Å². The minimum absolute atomic E-state index is 0.0934. The van der Waals surface area contributed by atoms with Crippen LogP contribution >= 0.6 is 0 Å². The number of nitrogens with one attached hydrogen (secondary N) is 1. The molecule has 8 heteroatoms. The van der Waals surface area contributed by atoms with E-state index in [9.17, 15) is 19.2 Å². The molecule has 29 heavy (non-hydrogen) atoms. The van der Waals surface area contributed by atoms with Gasteiger partial charge in [0.15, 0.2) is 0 Å². The van der Waals surface area contributed by atoms with E-state index in [1.807, 2.05) is 31.2 Å². The van der Waals surface area contributed by atoms with Gasteiger partial charge in [-0.05, 0) is 31.2 Å². The fourth-order valence-corrected chi connectivity index (χ4v) is 3.37. The number of anilines is 1. The molecule has 8 nitrogen and oxygen atoms in total. The fraction of sp³-hybridized carbons (Fsp3) is 0.238. The van der Waals surface area contributed by atoms with Crippen LogP contribution in [0.25, 0.3) is 0 Å². The van der Waals surface area contributed by atoms with Gasteiger partial charge in [0.25, 0.3) is 11.8 Å². The number of ether oxygens (including phenoxy) is 1. The van der Waals surface area contributed by atoms with Gasteiger partial charge in [0.05, 0.1) is 24.2 Å². The largest absolute Gasteiger partial charge is 0.442 e. The maximum absolute atomic E-state index is 12.3. The number of hydrogen-bond donors (Lipinski definition) is 1. The molecule has 1 atom stereocenters. The summed E-state index contributed by atoms with van der Waals surface area (Å²) in [5, 5.41) is 2.63. The highest BCUT2D eigenvalue weighted by atomic mass is 16.6. The Morgan fingerprint density at radius 2 is 1.66 bits per heavy atom. The topological polar surface area (TPSA) is 96.0 Å². The molecule has 1 unspecified atom stereocenters. The second-order valence-electron chi connectivity index (χ2n) is 7.00. The molecule has 0 spiro atoms.